The normalized spacial score (nSPS) is 11.3. The van der Waals surface area contributed by atoms with E-state index in [9.17, 15) is 9.59 Å². The zero-order valence-corrected chi connectivity index (χ0v) is 16.4. The Balaban J connectivity index is 1.91. The van der Waals surface area contributed by atoms with Gasteiger partial charge in [0.2, 0.25) is 0 Å². The van der Waals surface area contributed by atoms with Gasteiger partial charge in [-0.15, -0.1) is 0 Å². The molecule has 0 saturated carbocycles. The lowest BCUT2D eigenvalue weighted by Crippen LogP contribution is -2.37. The Morgan fingerprint density at radius 1 is 1.14 bits per heavy atom. The van der Waals surface area contributed by atoms with E-state index in [2.05, 4.69) is 5.10 Å². The van der Waals surface area contributed by atoms with Crippen LogP contribution in [0.25, 0.3) is 17.1 Å². The summed E-state index contributed by atoms with van der Waals surface area (Å²) in [7, 11) is 1.56. The molecule has 7 nitrogen and oxygen atoms in total. The highest BCUT2D eigenvalue weighted by atomic mass is 16.6. The molecule has 0 saturated heterocycles. The van der Waals surface area contributed by atoms with Crippen molar-refractivity contribution in [3.63, 3.8) is 0 Å². The van der Waals surface area contributed by atoms with Crippen molar-refractivity contribution in [1.29, 1.82) is 0 Å². The average molecular weight is 381 g/mol. The van der Waals surface area contributed by atoms with Crippen LogP contribution in [0.1, 0.15) is 31.3 Å². The number of hydrogen-bond acceptors (Lipinski definition) is 5. The predicted octanol–water partition coefficient (Wildman–Crippen LogP) is 3.55. The summed E-state index contributed by atoms with van der Waals surface area (Å²) in [6.45, 7) is 5.19. The Kier molecular flexibility index (Phi) is 5.35. The molecule has 3 aromatic rings. The Hall–Kier alpha value is -3.35. The van der Waals surface area contributed by atoms with Crippen molar-refractivity contribution in [3.8, 4) is 17.1 Å². The molecule has 2 aromatic heterocycles. The fourth-order valence-corrected chi connectivity index (χ4v) is 2.68. The van der Waals surface area contributed by atoms with Crippen LogP contribution in [-0.4, -0.2) is 45.8 Å². The van der Waals surface area contributed by atoms with Gasteiger partial charge in [0.25, 0.3) is 5.91 Å². The average Bonchev–Trinajstić information content (AvgIpc) is 3.29. The number of rotatable bonds is 5. The van der Waals surface area contributed by atoms with Crippen LogP contribution in [0, 0.1) is 0 Å². The number of carbonyl (C=O) groups is 2. The minimum Gasteiger partial charge on any atom is -0.463 e. The Morgan fingerprint density at radius 2 is 1.86 bits per heavy atom. The van der Waals surface area contributed by atoms with E-state index < -0.39 is 11.6 Å². The SMILES string of the molecule is CN(CC(=O)OC(C)(C)C)C(=O)c1cc(-c2ccco2)nn1-c1ccccc1. The molecule has 1 amide bonds. The number of ether oxygens (including phenoxy) is 1. The van der Waals surface area contributed by atoms with Crippen LogP contribution >= 0.6 is 0 Å². The summed E-state index contributed by atoms with van der Waals surface area (Å²) >= 11 is 0. The molecule has 0 aliphatic rings. The molecule has 0 radical (unpaired) electrons. The molecule has 7 heteroatoms. The minimum absolute atomic E-state index is 0.161. The third-order valence-electron chi connectivity index (χ3n) is 3.84. The molecule has 0 bridgehead atoms. The topological polar surface area (TPSA) is 77.6 Å². The first-order chi connectivity index (χ1) is 13.2. The third kappa shape index (κ3) is 4.49. The quantitative estimate of drug-likeness (QED) is 0.632. The molecule has 0 spiro atoms. The Bertz CT molecular complexity index is 953. The lowest BCUT2D eigenvalue weighted by Gasteiger charge is -2.22. The van der Waals surface area contributed by atoms with Gasteiger partial charge in [-0.3, -0.25) is 9.59 Å². The van der Waals surface area contributed by atoms with Gasteiger partial charge in [-0.05, 0) is 45.0 Å². The lowest BCUT2D eigenvalue weighted by molar-refractivity contribution is -0.155. The molecule has 2 heterocycles. The lowest BCUT2D eigenvalue weighted by atomic mass is 10.2. The number of hydrogen-bond donors (Lipinski definition) is 0. The molecule has 28 heavy (non-hydrogen) atoms. The van der Waals surface area contributed by atoms with Crippen LogP contribution in [-0.2, 0) is 9.53 Å². The second-order valence-corrected chi connectivity index (χ2v) is 7.39. The van der Waals surface area contributed by atoms with E-state index in [1.54, 1.807) is 57.0 Å². The summed E-state index contributed by atoms with van der Waals surface area (Å²) in [6, 6.07) is 14.5. The molecule has 0 unspecified atom stereocenters. The number of para-hydroxylation sites is 1. The van der Waals surface area contributed by atoms with Gasteiger partial charge in [0, 0.05) is 13.1 Å². The van der Waals surface area contributed by atoms with Crippen LogP contribution in [0.4, 0.5) is 0 Å². The van der Waals surface area contributed by atoms with Crippen LogP contribution < -0.4 is 0 Å². The number of amides is 1. The minimum atomic E-state index is -0.612. The van der Waals surface area contributed by atoms with E-state index in [0.29, 0.717) is 17.1 Å². The van der Waals surface area contributed by atoms with Gasteiger partial charge in [-0.25, -0.2) is 4.68 Å². The molecular formula is C21H23N3O4. The highest BCUT2D eigenvalue weighted by Crippen LogP contribution is 2.23. The zero-order valence-electron chi connectivity index (χ0n) is 16.4. The van der Waals surface area contributed by atoms with E-state index in [4.69, 9.17) is 9.15 Å². The Morgan fingerprint density at radius 3 is 2.46 bits per heavy atom. The van der Waals surface area contributed by atoms with E-state index in [0.717, 1.165) is 5.69 Å². The zero-order chi connectivity index (χ0) is 20.3. The first-order valence-corrected chi connectivity index (χ1v) is 8.91. The molecule has 0 aliphatic heterocycles. The maximum atomic E-state index is 13.0. The summed E-state index contributed by atoms with van der Waals surface area (Å²) in [5.41, 5.74) is 0.972. The molecular weight excluding hydrogens is 358 g/mol. The number of furan rings is 1. The monoisotopic (exact) mass is 381 g/mol. The summed E-state index contributed by atoms with van der Waals surface area (Å²) in [5.74, 6) is -0.265. The van der Waals surface area contributed by atoms with Crippen molar-refractivity contribution < 1.29 is 18.7 Å². The Labute approximate surface area is 163 Å². The first-order valence-electron chi connectivity index (χ1n) is 8.91. The van der Waals surface area contributed by atoms with Crippen molar-refractivity contribution in [2.24, 2.45) is 0 Å². The molecule has 0 aliphatic carbocycles. The molecule has 0 atom stereocenters. The first kappa shape index (κ1) is 19.4. The second kappa shape index (κ2) is 7.72. The van der Waals surface area contributed by atoms with Crippen molar-refractivity contribution in [2.45, 2.75) is 26.4 Å². The largest absolute Gasteiger partial charge is 0.463 e. The van der Waals surface area contributed by atoms with Gasteiger partial charge < -0.3 is 14.1 Å². The summed E-state index contributed by atoms with van der Waals surface area (Å²) in [5, 5.41) is 4.52. The van der Waals surface area contributed by atoms with Crippen LogP contribution in [0.15, 0.2) is 59.2 Å². The van der Waals surface area contributed by atoms with Gasteiger partial charge in [-0.2, -0.15) is 5.10 Å². The standard InChI is InChI=1S/C21H23N3O4/c1-21(2,3)28-19(25)14-23(4)20(26)17-13-16(18-11-8-12-27-18)22-24(17)15-9-6-5-7-10-15/h5-13H,14H2,1-4H3. The van der Waals surface area contributed by atoms with Crippen LogP contribution in [0.2, 0.25) is 0 Å². The fraction of sp³-hybridized carbons (Fsp3) is 0.286. The number of nitrogens with zero attached hydrogens (tertiary/aromatic N) is 3. The summed E-state index contributed by atoms with van der Waals surface area (Å²) < 4.78 is 12.3. The highest BCUT2D eigenvalue weighted by Gasteiger charge is 2.24. The predicted molar refractivity (Wildman–Crippen MR) is 104 cm³/mol. The van der Waals surface area contributed by atoms with Crippen LogP contribution in [0.3, 0.4) is 0 Å². The highest BCUT2D eigenvalue weighted by molar-refractivity contribution is 5.95. The van der Waals surface area contributed by atoms with Crippen LogP contribution in [0.5, 0.6) is 0 Å². The fourth-order valence-electron chi connectivity index (χ4n) is 2.68. The molecule has 3 rings (SSSR count). The maximum Gasteiger partial charge on any atom is 0.326 e. The van der Waals surface area contributed by atoms with Crippen molar-refractivity contribution in [1.82, 2.24) is 14.7 Å². The maximum absolute atomic E-state index is 13.0. The van der Waals surface area contributed by atoms with Crippen molar-refractivity contribution in [3.05, 3.63) is 60.5 Å². The molecule has 146 valence electrons. The van der Waals surface area contributed by atoms with Gasteiger partial charge in [0.15, 0.2) is 5.76 Å². The summed E-state index contributed by atoms with van der Waals surface area (Å²) in [4.78, 5) is 26.5. The van der Waals surface area contributed by atoms with E-state index in [1.165, 1.54) is 4.90 Å². The number of likely N-dealkylation sites (N-methyl/N-ethyl adjacent to an activating group) is 1. The number of aromatic nitrogens is 2. The van der Waals surface area contributed by atoms with Gasteiger partial charge >= 0.3 is 5.97 Å². The molecule has 0 fully saturated rings. The van der Waals surface area contributed by atoms with Gasteiger partial charge in [0.05, 0.1) is 12.0 Å². The number of carbonyl (C=O) groups excluding carboxylic acids is 2. The summed E-state index contributed by atoms with van der Waals surface area (Å²) in [6.07, 6.45) is 1.55. The van der Waals surface area contributed by atoms with Gasteiger partial charge in [0.1, 0.15) is 23.5 Å². The third-order valence-corrected chi connectivity index (χ3v) is 3.84. The van der Waals surface area contributed by atoms with E-state index >= 15 is 0 Å². The van der Waals surface area contributed by atoms with E-state index in [1.807, 2.05) is 30.3 Å². The molecule has 0 N–H and O–H groups in total. The second-order valence-electron chi connectivity index (χ2n) is 7.39. The smallest absolute Gasteiger partial charge is 0.326 e. The van der Waals surface area contributed by atoms with Crippen molar-refractivity contribution >= 4 is 11.9 Å². The number of esters is 1. The van der Waals surface area contributed by atoms with Crippen molar-refractivity contribution in [2.75, 3.05) is 13.6 Å². The van der Waals surface area contributed by atoms with E-state index in [-0.39, 0.29) is 12.5 Å². The number of benzene rings is 1. The van der Waals surface area contributed by atoms with Gasteiger partial charge in [-0.1, -0.05) is 18.2 Å². The molecule has 1 aromatic carbocycles.